The lowest BCUT2D eigenvalue weighted by molar-refractivity contribution is 0.277. The molecule has 82 valence electrons. The number of para-hydroxylation sites is 1. The quantitative estimate of drug-likeness (QED) is 0.809. The van der Waals surface area contributed by atoms with Gasteiger partial charge in [-0.05, 0) is 25.8 Å². The molecule has 15 heavy (non-hydrogen) atoms. The molecular formula is C12H17NO2. The van der Waals surface area contributed by atoms with Gasteiger partial charge in [0, 0.05) is 11.6 Å². The third-order valence-corrected chi connectivity index (χ3v) is 2.61. The van der Waals surface area contributed by atoms with Crippen molar-refractivity contribution in [2.24, 2.45) is 5.73 Å². The lowest BCUT2D eigenvalue weighted by Gasteiger charge is -2.15. The minimum Gasteiger partial charge on any atom is -0.490 e. The maximum absolute atomic E-state index is 6.08. The van der Waals surface area contributed by atoms with Gasteiger partial charge in [0.1, 0.15) is 0 Å². The summed E-state index contributed by atoms with van der Waals surface area (Å²) in [4.78, 5) is 0. The number of hydrogen-bond donors (Lipinski definition) is 1. The molecule has 0 fully saturated rings. The predicted octanol–water partition coefficient (Wildman–Crippen LogP) is 2.26. The van der Waals surface area contributed by atoms with Crippen LogP contribution in [0, 0.1) is 0 Å². The highest BCUT2D eigenvalue weighted by molar-refractivity contribution is 5.48. The zero-order chi connectivity index (χ0) is 10.7. The maximum Gasteiger partial charge on any atom is 0.165 e. The van der Waals surface area contributed by atoms with Crippen LogP contribution in [0.4, 0.5) is 0 Å². The van der Waals surface area contributed by atoms with E-state index < -0.39 is 0 Å². The van der Waals surface area contributed by atoms with E-state index in [9.17, 15) is 0 Å². The fourth-order valence-electron chi connectivity index (χ4n) is 1.88. The third kappa shape index (κ3) is 2.07. The Bertz CT molecular complexity index is 338. The Morgan fingerprint density at radius 3 is 3.20 bits per heavy atom. The number of rotatable bonds is 2. The molecular weight excluding hydrogens is 190 g/mol. The summed E-state index contributed by atoms with van der Waals surface area (Å²) in [6.07, 6.45) is 1.98. The van der Waals surface area contributed by atoms with E-state index in [1.807, 2.05) is 25.1 Å². The first-order valence-corrected chi connectivity index (χ1v) is 5.47. The third-order valence-electron chi connectivity index (χ3n) is 2.61. The van der Waals surface area contributed by atoms with Gasteiger partial charge in [-0.2, -0.15) is 0 Å². The Morgan fingerprint density at radius 2 is 2.40 bits per heavy atom. The first kappa shape index (κ1) is 10.3. The summed E-state index contributed by atoms with van der Waals surface area (Å²) in [5.74, 6) is 1.65. The molecule has 2 N–H and O–H groups in total. The zero-order valence-electron chi connectivity index (χ0n) is 9.03. The van der Waals surface area contributed by atoms with Gasteiger partial charge >= 0.3 is 0 Å². The minimum atomic E-state index is 0.0721. The fraction of sp³-hybridized carbons (Fsp3) is 0.500. The molecule has 0 saturated carbocycles. The molecule has 0 radical (unpaired) electrons. The minimum absolute atomic E-state index is 0.0721. The van der Waals surface area contributed by atoms with Crippen LogP contribution in [0.15, 0.2) is 18.2 Å². The van der Waals surface area contributed by atoms with Crippen molar-refractivity contribution in [2.45, 2.75) is 25.8 Å². The normalized spacial score (nSPS) is 20.0. The fourth-order valence-corrected chi connectivity index (χ4v) is 1.88. The number of ether oxygens (including phenoxy) is 2. The molecule has 1 heterocycles. The van der Waals surface area contributed by atoms with Crippen LogP contribution in [0.25, 0.3) is 0 Å². The average molecular weight is 207 g/mol. The maximum atomic E-state index is 6.08. The van der Waals surface area contributed by atoms with E-state index in [4.69, 9.17) is 15.2 Å². The topological polar surface area (TPSA) is 44.5 Å². The first-order chi connectivity index (χ1) is 7.33. The molecule has 1 aliphatic rings. The van der Waals surface area contributed by atoms with Gasteiger partial charge in [-0.15, -0.1) is 0 Å². The van der Waals surface area contributed by atoms with Crippen molar-refractivity contribution in [3.8, 4) is 11.5 Å². The second-order valence-corrected chi connectivity index (χ2v) is 3.70. The van der Waals surface area contributed by atoms with Crippen LogP contribution in [0.1, 0.15) is 31.4 Å². The van der Waals surface area contributed by atoms with E-state index in [0.29, 0.717) is 6.61 Å². The molecule has 1 atom stereocenters. The Morgan fingerprint density at radius 1 is 1.53 bits per heavy atom. The average Bonchev–Trinajstić information content (AvgIpc) is 2.43. The summed E-state index contributed by atoms with van der Waals surface area (Å²) >= 11 is 0. The highest BCUT2D eigenvalue weighted by Crippen LogP contribution is 2.37. The van der Waals surface area contributed by atoms with Gasteiger partial charge in [-0.1, -0.05) is 12.1 Å². The number of benzene rings is 1. The van der Waals surface area contributed by atoms with E-state index in [1.54, 1.807) is 0 Å². The van der Waals surface area contributed by atoms with E-state index in [2.05, 4.69) is 0 Å². The van der Waals surface area contributed by atoms with Gasteiger partial charge in [-0.25, -0.2) is 0 Å². The van der Waals surface area contributed by atoms with E-state index in [0.717, 1.165) is 36.5 Å². The van der Waals surface area contributed by atoms with Crippen LogP contribution < -0.4 is 15.2 Å². The largest absolute Gasteiger partial charge is 0.490 e. The SMILES string of the molecule is CCOc1cccc2c1OCCC[C@H]2N. The number of nitrogens with two attached hydrogens (primary N) is 1. The van der Waals surface area contributed by atoms with Gasteiger partial charge in [-0.3, -0.25) is 0 Å². The molecule has 0 spiro atoms. The van der Waals surface area contributed by atoms with Crippen molar-refractivity contribution in [2.75, 3.05) is 13.2 Å². The molecule has 0 unspecified atom stereocenters. The highest BCUT2D eigenvalue weighted by atomic mass is 16.5. The molecule has 0 bridgehead atoms. The van der Waals surface area contributed by atoms with Crippen molar-refractivity contribution in [3.05, 3.63) is 23.8 Å². The number of hydrogen-bond acceptors (Lipinski definition) is 3. The lowest BCUT2D eigenvalue weighted by atomic mass is 10.0. The Balaban J connectivity index is 2.39. The van der Waals surface area contributed by atoms with Crippen molar-refractivity contribution >= 4 is 0 Å². The summed E-state index contributed by atoms with van der Waals surface area (Å²) in [6.45, 7) is 3.34. The second-order valence-electron chi connectivity index (χ2n) is 3.70. The monoisotopic (exact) mass is 207 g/mol. The molecule has 0 aliphatic carbocycles. The smallest absolute Gasteiger partial charge is 0.165 e. The summed E-state index contributed by atoms with van der Waals surface area (Å²) in [5, 5.41) is 0. The van der Waals surface area contributed by atoms with Gasteiger partial charge in [0.15, 0.2) is 11.5 Å². The summed E-state index contributed by atoms with van der Waals surface area (Å²) in [6, 6.07) is 6.00. The standard InChI is InChI=1S/C12H17NO2/c1-2-14-11-7-3-5-9-10(13)6-4-8-15-12(9)11/h3,5,7,10H,2,4,6,8,13H2,1H3/t10-/m1/s1. The highest BCUT2D eigenvalue weighted by Gasteiger charge is 2.19. The van der Waals surface area contributed by atoms with Crippen molar-refractivity contribution in [1.29, 1.82) is 0 Å². The second kappa shape index (κ2) is 4.53. The Hall–Kier alpha value is -1.22. The molecule has 0 aromatic heterocycles. The molecule has 2 rings (SSSR count). The Kier molecular flexibility index (Phi) is 3.11. The lowest BCUT2D eigenvalue weighted by Crippen LogP contribution is -2.09. The molecule has 3 nitrogen and oxygen atoms in total. The Labute approximate surface area is 90.2 Å². The van der Waals surface area contributed by atoms with Crippen LogP contribution in [0.3, 0.4) is 0 Å². The van der Waals surface area contributed by atoms with Crippen LogP contribution in [-0.4, -0.2) is 13.2 Å². The summed E-state index contributed by atoms with van der Waals surface area (Å²) in [7, 11) is 0. The molecule has 0 saturated heterocycles. The molecule has 1 aromatic rings. The van der Waals surface area contributed by atoms with E-state index in [1.165, 1.54) is 0 Å². The van der Waals surface area contributed by atoms with Crippen LogP contribution >= 0.6 is 0 Å². The summed E-state index contributed by atoms with van der Waals surface area (Å²) < 4.78 is 11.2. The van der Waals surface area contributed by atoms with Crippen LogP contribution in [-0.2, 0) is 0 Å². The van der Waals surface area contributed by atoms with Gasteiger partial charge in [0.25, 0.3) is 0 Å². The zero-order valence-corrected chi connectivity index (χ0v) is 9.03. The van der Waals surface area contributed by atoms with Crippen LogP contribution in [0.2, 0.25) is 0 Å². The van der Waals surface area contributed by atoms with Gasteiger partial charge in [0.05, 0.1) is 13.2 Å². The van der Waals surface area contributed by atoms with Crippen molar-refractivity contribution in [3.63, 3.8) is 0 Å². The molecule has 1 aliphatic heterocycles. The molecule has 3 heteroatoms. The van der Waals surface area contributed by atoms with Crippen molar-refractivity contribution in [1.82, 2.24) is 0 Å². The molecule has 0 amide bonds. The number of fused-ring (bicyclic) bond motifs is 1. The first-order valence-electron chi connectivity index (χ1n) is 5.47. The molecule has 1 aromatic carbocycles. The predicted molar refractivity (Wildman–Crippen MR) is 59.3 cm³/mol. The van der Waals surface area contributed by atoms with Crippen LogP contribution in [0.5, 0.6) is 11.5 Å². The van der Waals surface area contributed by atoms with Gasteiger partial charge < -0.3 is 15.2 Å². The van der Waals surface area contributed by atoms with Crippen molar-refractivity contribution < 1.29 is 9.47 Å². The van der Waals surface area contributed by atoms with E-state index in [-0.39, 0.29) is 6.04 Å². The summed E-state index contributed by atoms with van der Waals surface area (Å²) in [5.41, 5.74) is 7.14. The van der Waals surface area contributed by atoms with Gasteiger partial charge in [0.2, 0.25) is 0 Å². The van der Waals surface area contributed by atoms with E-state index >= 15 is 0 Å².